The molecule has 36 heavy (non-hydrogen) atoms. The Labute approximate surface area is 200 Å². The summed E-state index contributed by atoms with van der Waals surface area (Å²) >= 11 is 0. The molecule has 1 aliphatic heterocycles. The molecule has 0 saturated carbocycles. The van der Waals surface area contributed by atoms with Gasteiger partial charge >= 0.3 is 29.5 Å². The molecule has 2 aromatic rings. The fourth-order valence-electron chi connectivity index (χ4n) is 3.07. The highest BCUT2D eigenvalue weighted by Gasteiger charge is 2.60. The Morgan fingerprint density at radius 2 is 2.08 bits per heavy atom. The molecule has 0 aliphatic carbocycles. The zero-order chi connectivity index (χ0) is 26.8. The first-order valence-corrected chi connectivity index (χ1v) is 10.3. The van der Waals surface area contributed by atoms with Crippen LogP contribution in [0.3, 0.4) is 0 Å². The Balaban J connectivity index is 1.64. The predicted octanol–water partition coefficient (Wildman–Crippen LogP) is 0.832. The normalized spacial score (nSPS) is 21.1. The highest BCUT2D eigenvalue weighted by molar-refractivity contribution is 5.83. The average molecular weight is 516 g/mol. The summed E-state index contributed by atoms with van der Waals surface area (Å²) in [5.74, 6) is -5.72. The van der Waals surface area contributed by atoms with Crippen molar-refractivity contribution in [2.24, 2.45) is 0 Å². The molecule has 1 aliphatic rings. The van der Waals surface area contributed by atoms with Gasteiger partial charge in [-0.05, 0) is 36.7 Å². The molecule has 1 unspecified atom stereocenters. The van der Waals surface area contributed by atoms with Crippen LogP contribution in [0.15, 0.2) is 29.6 Å². The van der Waals surface area contributed by atoms with E-state index in [1.54, 1.807) is 20.8 Å². The van der Waals surface area contributed by atoms with Crippen LogP contribution in [0, 0.1) is 10.1 Å². The molecule has 3 atom stereocenters. The summed E-state index contributed by atoms with van der Waals surface area (Å²) < 4.78 is 45.8. The van der Waals surface area contributed by atoms with Crippen molar-refractivity contribution >= 4 is 23.7 Å². The third kappa shape index (κ3) is 6.16. The van der Waals surface area contributed by atoms with E-state index in [0.29, 0.717) is 4.57 Å². The maximum Gasteiger partial charge on any atom is 0.413 e. The van der Waals surface area contributed by atoms with Gasteiger partial charge < -0.3 is 29.4 Å². The third-order valence-electron chi connectivity index (χ3n) is 4.62. The summed E-state index contributed by atoms with van der Waals surface area (Å²) in [5, 5.41) is 22.8. The number of hydrogen-bond acceptors (Lipinski definition) is 11. The van der Waals surface area contributed by atoms with Crippen LogP contribution in [0.4, 0.5) is 25.2 Å². The quantitative estimate of drug-likeness (QED) is 0.301. The number of nitro groups is 1. The van der Waals surface area contributed by atoms with Crippen molar-refractivity contribution in [3.05, 3.63) is 45.4 Å². The summed E-state index contributed by atoms with van der Waals surface area (Å²) in [6.45, 7) is 3.52. The number of hydrogen-bond donors (Lipinski definition) is 2. The van der Waals surface area contributed by atoms with Gasteiger partial charge in [-0.25, -0.2) is 9.59 Å². The molecular formula is C19H22F2N6O9. The number of imidazole rings is 1. The first kappa shape index (κ1) is 26.6. The first-order valence-electron chi connectivity index (χ1n) is 10.3. The molecule has 1 fully saturated rings. The number of ether oxygens (including phenoxy) is 3. The summed E-state index contributed by atoms with van der Waals surface area (Å²) in [5.41, 5.74) is -2.05. The topological polar surface area (TPSA) is 190 Å². The van der Waals surface area contributed by atoms with E-state index in [0.717, 1.165) is 29.4 Å². The van der Waals surface area contributed by atoms with Crippen molar-refractivity contribution in [1.29, 1.82) is 0 Å². The average Bonchev–Trinajstić information content (AvgIpc) is 3.29. The SMILES string of the molecule is CC(C)(C)OC(=O)Nc1ccn([C@@H]2O[C@H](COC(=O)Cn3cnc([N+](=O)[O-])c3)C(O)C2(F)F)c(=O)n1. The van der Waals surface area contributed by atoms with E-state index in [-0.39, 0.29) is 5.82 Å². The zero-order valence-corrected chi connectivity index (χ0v) is 19.2. The maximum atomic E-state index is 14.7. The lowest BCUT2D eigenvalue weighted by atomic mass is 10.1. The lowest BCUT2D eigenvalue weighted by molar-refractivity contribution is -0.389. The Morgan fingerprint density at radius 3 is 2.67 bits per heavy atom. The second-order valence-corrected chi connectivity index (χ2v) is 8.62. The van der Waals surface area contributed by atoms with Crippen molar-refractivity contribution in [3.63, 3.8) is 0 Å². The lowest BCUT2D eigenvalue weighted by Crippen LogP contribution is -2.42. The number of anilines is 1. The van der Waals surface area contributed by atoms with Crippen LogP contribution in [-0.2, 0) is 25.5 Å². The number of halogens is 2. The number of aromatic nitrogens is 4. The number of carbonyl (C=O) groups excluding carboxylic acids is 2. The molecule has 2 N–H and O–H groups in total. The molecule has 0 spiro atoms. The molecule has 196 valence electrons. The van der Waals surface area contributed by atoms with E-state index in [4.69, 9.17) is 14.2 Å². The Kier molecular flexibility index (Phi) is 7.35. The maximum absolute atomic E-state index is 14.7. The van der Waals surface area contributed by atoms with Crippen LogP contribution in [-0.4, -0.2) is 71.5 Å². The Morgan fingerprint density at radius 1 is 1.39 bits per heavy atom. The molecule has 0 aromatic carbocycles. The number of aliphatic hydroxyl groups is 1. The molecule has 0 radical (unpaired) electrons. The first-order chi connectivity index (χ1) is 16.7. The van der Waals surface area contributed by atoms with Crippen LogP contribution in [0.5, 0.6) is 0 Å². The highest BCUT2D eigenvalue weighted by Crippen LogP contribution is 2.42. The number of amides is 1. The minimum atomic E-state index is -3.98. The van der Waals surface area contributed by atoms with Crippen molar-refractivity contribution < 1.29 is 42.6 Å². The van der Waals surface area contributed by atoms with E-state index in [1.165, 1.54) is 0 Å². The number of nitrogens with one attached hydrogen (secondary N) is 1. The molecule has 0 bridgehead atoms. The second kappa shape index (κ2) is 9.94. The van der Waals surface area contributed by atoms with Gasteiger partial charge in [-0.2, -0.15) is 13.8 Å². The lowest BCUT2D eigenvalue weighted by Gasteiger charge is -2.21. The molecular weight excluding hydrogens is 494 g/mol. The minimum absolute atomic E-state index is 0.266. The summed E-state index contributed by atoms with van der Waals surface area (Å²) in [6.07, 6.45) is -4.51. The largest absolute Gasteiger partial charge is 0.461 e. The zero-order valence-electron chi connectivity index (χ0n) is 19.2. The number of carbonyl (C=O) groups is 2. The number of esters is 1. The van der Waals surface area contributed by atoms with Gasteiger partial charge in [0.15, 0.2) is 6.10 Å². The number of alkyl halides is 2. The monoisotopic (exact) mass is 516 g/mol. The van der Waals surface area contributed by atoms with Gasteiger partial charge in [0.1, 0.15) is 36.9 Å². The van der Waals surface area contributed by atoms with Gasteiger partial charge in [-0.1, -0.05) is 0 Å². The summed E-state index contributed by atoms with van der Waals surface area (Å²) in [6, 6.07) is 1.05. The smallest absolute Gasteiger partial charge is 0.413 e. The van der Waals surface area contributed by atoms with Gasteiger partial charge in [0, 0.05) is 6.20 Å². The van der Waals surface area contributed by atoms with Crippen LogP contribution in [0.1, 0.15) is 27.0 Å². The number of nitrogens with zero attached hydrogens (tertiary/aromatic N) is 5. The van der Waals surface area contributed by atoms with Crippen LogP contribution in [0.2, 0.25) is 0 Å². The van der Waals surface area contributed by atoms with Gasteiger partial charge in [-0.15, -0.1) is 0 Å². The molecule has 2 aromatic heterocycles. The van der Waals surface area contributed by atoms with Gasteiger partial charge in [-0.3, -0.25) is 19.2 Å². The summed E-state index contributed by atoms with van der Waals surface area (Å²) in [7, 11) is 0. The Bertz CT molecular complexity index is 1210. The number of rotatable bonds is 7. The molecule has 1 amide bonds. The van der Waals surface area contributed by atoms with Crippen molar-refractivity contribution in [1.82, 2.24) is 19.1 Å². The van der Waals surface area contributed by atoms with E-state index < -0.39 is 71.6 Å². The van der Waals surface area contributed by atoms with Gasteiger partial charge in [0.25, 0.3) is 0 Å². The molecule has 1 saturated heterocycles. The van der Waals surface area contributed by atoms with Gasteiger partial charge in [0.2, 0.25) is 12.6 Å². The van der Waals surface area contributed by atoms with Crippen LogP contribution >= 0.6 is 0 Å². The highest BCUT2D eigenvalue weighted by atomic mass is 19.3. The van der Waals surface area contributed by atoms with E-state index in [2.05, 4.69) is 15.3 Å². The fraction of sp³-hybridized carbons (Fsp3) is 0.526. The van der Waals surface area contributed by atoms with Gasteiger partial charge in [0.05, 0.1) is 0 Å². The van der Waals surface area contributed by atoms with Crippen molar-refractivity contribution in [2.75, 3.05) is 11.9 Å². The van der Waals surface area contributed by atoms with E-state index >= 15 is 0 Å². The second-order valence-electron chi connectivity index (χ2n) is 8.62. The minimum Gasteiger partial charge on any atom is -0.461 e. The standard InChI is InChI=1S/C19H22F2N6O9/c1-18(2,3)36-17(31)24-11-4-5-26(16(30)23-11)15-19(20,21)14(29)10(35-15)8-34-13(28)7-25-6-12(22-9-25)27(32)33/h4-6,9-10,14-15,29H,7-8H2,1-3H3,(H,23,24,30,31)/t10-,14?,15-/m1/s1. The van der Waals surface area contributed by atoms with E-state index in [1.807, 2.05) is 0 Å². The number of aliphatic hydroxyl groups excluding tert-OH is 1. The van der Waals surface area contributed by atoms with Crippen molar-refractivity contribution in [2.45, 2.75) is 57.3 Å². The van der Waals surface area contributed by atoms with Crippen LogP contribution in [0.25, 0.3) is 0 Å². The molecule has 15 nitrogen and oxygen atoms in total. The van der Waals surface area contributed by atoms with E-state index in [9.17, 15) is 38.4 Å². The Hall–Kier alpha value is -3.99. The molecule has 3 rings (SSSR count). The third-order valence-corrected chi connectivity index (χ3v) is 4.62. The predicted molar refractivity (Wildman–Crippen MR) is 113 cm³/mol. The van der Waals surface area contributed by atoms with Crippen LogP contribution < -0.4 is 11.0 Å². The molecule has 17 heteroatoms. The van der Waals surface area contributed by atoms with Crippen molar-refractivity contribution in [3.8, 4) is 0 Å². The molecule has 3 heterocycles. The fourth-order valence-corrected chi connectivity index (χ4v) is 3.07. The summed E-state index contributed by atoms with van der Waals surface area (Å²) in [4.78, 5) is 52.9.